The van der Waals surface area contributed by atoms with Gasteiger partial charge >= 0.3 is 6.18 Å². The molecule has 41 heavy (non-hydrogen) atoms. The van der Waals surface area contributed by atoms with Crippen LogP contribution in [0.5, 0.6) is 0 Å². The highest BCUT2D eigenvalue weighted by Gasteiger charge is 2.39. The highest BCUT2D eigenvalue weighted by Crippen LogP contribution is 2.37. The van der Waals surface area contributed by atoms with Crippen LogP contribution in [0.2, 0.25) is 0 Å². The Kier molecular flexibility index (Phi) is 6.39. The number of aromatic amines is 1. The number of piperidine rings is 1. The van der Waals surface area contributed by atoms with Gasteiger partial charge in [0.15, 0.2) is 17.3 Å². The summed E-state index contributed by atoms with van der Waals surface area (Å²) in [4.78, 5) is 31.7. The Labute approximate surface area is 229 Å². The van der Waals surface area contributed by atoms with Crippen LogP contribution in [-0.4, -0.2) is 50.6 Å². The van der Waals surface area contributed by atoms with Gasteiger partial charge in [-0.2, -0.15) is 18.3 Å². The Morgan fingerprint density at radius 3 is 2.39 bits per heavy atom. The number of anilines is 1. The van der Waals surface area contributed by atoms with Gasteiger partial charge in [0.2, 0.25) is 5.91 Å². The highest BCUT2D eigenvalue weighted by atomic mass is 19.4. The maximum absolute atomic E-state index is 14.6. The van der Waals surface area contributed by atoms with Gasteiger partial charge in [-0.3, -0.25) is 9.59 Å². The molecular formula is C28H21F6N5O2. The molecule has 4 aromatic rings. The normalized spacial score (nSPS) is 16.0. The number of fused-ring (bicyclic) bond motifs is 1. The van der Waals surface area contributed by atoms with E-state index in [4.69, 9.17) is 0 Å². The van der Waals surface area contributed by atoms with Crippen molar-refractivity contribution in [1.82, 2.24) is 19.7 Å². The standard InChI is InChI=1S/C28H21F6N5O2/c29-20-4-2-18(12-19(20)28(32,33)34)39-23(16-5-8-35-14-16)13-22(36-39)27(41)37-9-6-17(7-10-37)38-24(40)11-15-1-3-21(30)25(31)26(15)38/h1-5,8,12-14,17,35H,6-7,9-11H2. The van der Waals surface area contributed by atoms with Gasteiger partial charge in [-0.25, -0.2) is 17.9 Å². The van der Waals surface area contributed by atoms with Crippen LogP contribution in [0.25, 0.3) is 16.9 Å². The maximum atomic E-state index is 14.6. The second kappa shape index (κ2) is 9.82. The fourth-order valence-electron chi connectivity index (χ4n) is 5.46. The van der Waals surface area contributed by atoms with Crippen molar-refractivity contribution < 1.29 is 35.9 Å². The predicted octanol–water partition coefficient (Wildman–Crippen LogP) is 5.50. The van der Waals surface area contributed by atoms with Gasteiger partial charge in [-0.05, 0) is 54.8 Å². The van der Waals surface area contributed by atoms with Crippen LogP contribution in [-0.2, 0) is 17.4 Å². The monoisotopic (exact) mass is 573 g/mol. The molecule has 1 N–H and O–H groups in total. The summed E-state index contributed by atoms with van der Waals surface area (Å²) >= 11 is 0. The molecule has 0 unspecified atom stereocenters. The Morgan fingerprint density at radius 1 is 0.976 bits per heavy atom. The summed E-state index contributed by atoms with van der Waals surface area (Å²) in [7, 11) is 0. The van der Waals surface area contributed by atoms with Crippen LogP contribution < -0.4 is 4.90 Å². The largest absolute Gasteiger partial charge is 0.419 e. The Balaban J connectivity index is 1.26. The number of nitrogens with zero attached hydrogens (tertiary/aromatic N) is 4. The number of carbonyl (C=O) groups excluding carboxylic acids is 2. The van der Waals surface area contributed by atoms with Crippen molar-refractivity contribution in [3.63, 3.8) is 0 Å². The van der Waals surface area contributed by atoms with Crippen LogP contribution in [0.3, 0.4) is 0 Å². The first kappa shape index (κ1) is 26.7. The average molecular weight is 573 g/mol. The molecule has 0 bridgehead atoms. The first-order valence-electron chi connectivity index (χ1n) is 12.7. The third-order valence-corrected chi connectivity index (χ3v) is 7.44. The highest BCUT2D eigenvalue weighted by molar-refractivity contribution is 6.02. The minimum atomic E-state index is -4.93. The van der Waals surface area contributed by atoms with Crippen molar-refractivity contribution in [2.45, 2.75) is 31.5 Å². The molecule has 2 aliphatic rings. The minimum Gasteiger partial charge on any atom is -0.367 e. The lowest BCUT2D eigenvalue weighted by Gasteiger charge is -2.36. The first-order chi connectivity index (χ1) is 19.5. The number of alkyl halides is 3. The quantitative estimate of drug-likeness (QED) is 0.328. The molecule has 6 rings (SSSR count). The number of carbonyl (C=O) groups is 2. The summed E-state index contributed by atoms with van der Waals surface area (Å²) in [6, 6.07) is 7.48. The summed E-state index contributed by atoms with van der Waals surface area (Å²) in [5, 5.41) is 4.29. The van der Waals surface area contributed by atoms with E-state index in [0.717, 1.165) is 16.8 Å². The van der Waals surface area contributed by atoms with Gasteiger partial charge in [0.05, 0.1) is 29.1 Å². The Bertz CT molecular complexity index is 1660. The molecule has 0 spiro atoms. The maximum Gasteiger partial charge on any atom is 0.419 e. The number of hydrogen-bond donors (Lipinski definition) is 1. The number of aromatic nitrogens is 3. The van der Waals surface area contributed by atoms with E-state index in [-0.39, 0.29) is 42.5 Å². The van der Waals surface area contributed by atoms with E-state index < -0.39 is 41.1 Å². The van der Waals surface area contributed by atoms with Crippen molar-refractivity contribution >= 4 is 17.5 Å². The molecule has 0 atom stereocenters. The summed E-state index contributed by atoms with van der Waals surface area (Å²) in [6.45, 7) is 0.362. The number of H-pyrrole nitrogens is 1. The third kappa shape index (κ3) is 4.64. The SMILES string of the molecule is O=C(c1cc(-c2cc[nH]c2)n(-c2ccc(F)c(C(F)(F)F)c2)n1)N1CCC(N2C(=O)Cc3ccc(F)c(F)c32)CC1. The van der Waals surface area contributed by atoms with Crippen molar-refractivity contribution in [3.05, 3.63) is 89.1 Å². The zero-order chi connectivity index (χ0) is 29.1. The fourth-order valence-corrected chi connectivity index (χ4v) is 5.46. The fraction of sp³-hybridized carbons (Fsp3) is 0.250. The van der Waals surface area contributed by atoms with Crippen molar-refractivity contribution in [2.24, 2.45) is 0 Å². The lowest BCUT2D eigenvalue weighted by Crippen LogP contribution is -2.48. The molecule has 2 aliphatic heterocycles. The summed E-state index contributed by atoms with van der Waals surface area (Å²) in [5.41, 5.74) is -0.414. The second-order valence-corrected chi connectivity index (χ2v) is 9.92. The van der Waals surface area contributed by atoms with Crippen LogP contribution in [0.4, 0.5) is 32.0 Å². The summed E-state index contributed by atoms with van der Waals surface area (Å²) < 4.78 is 83.7. The number of hydrogen-bond acceptors (Lipinski definition) is 3. The lowest BCUT2D eigenvalue weighted by atomic mass is 10.0. The molecule has 2 amide bonds. The average Bonchev–Trinajstić information content (AvgIpc) is 3.69. The number of nitrogens with one attached hydrogen (secondary N) is 1. The van der Waals surface area contributed by atoms with Gasteiger partial charge in [-0.1, -0.05) is 6.07 Å². The molecule has 1 fully saturated rings. The number of amides is 2. The van der Waals surface area contributed by atoms with E-state index in [1.807, 2.05) is 0 Å². The molecule has 13 heteroatoms. The molecule has 2 aromatic carbocycles. The van der Waals surface area contributed by atoms with Crippen LogP contribution >= 0.6 is 0 Å². The lowest BCUT2D eigenvalue weighted by molar-refractivity contribution is -0.140. The van der Waals surface area contributed by atoms with Crippen molar-refractivity contribution in [2.75, 3.05) is 18.0 Å². The van der Waals surface area contributed by atoms with Gasteiger partial charge in [0.1, 0.15) is 5.82 Å². The Hall–Kier alpha value is -4.55. The van der Waals surface area contributed by atoms with E-state index >= 15 is 0 Å². The molecular weight excluding hydrogens is 552 g/mol. The number of rotatable bonds is 4. The zero-order valence-corrected chi connectivity index (χ0v) is 21.2. The molecule has 0 radical (unpaired) electrons. The smallest absolute Gasteiger partial charge is 0.367 e. The van der Waals surface area contributed by atoms with Gasteiger partial charge in [-0.15, -0.1) is 0 Å². The molecule has 0 saturated carbocycles. The van der Waals surface area contributed by atoms with Gasteiger partial charge in [0.25, 0.3) is 5.91 Å². The molecule has 2 aromatic heterocycles. The van der Waals surface area contributed by atoms with Gasteiger partial charge < -0.3 is 14.8 Å². The molecule has 1 saturated heterocycles. The molecule has 4 heterocycles. The third-order valence-electron chi connectivity index (χ3n) is 7.44. The predicted molar refractivity (Wildman–Crippen MR) is 135 cm³/mol. The number of likely N-dealkylation sites (tertiary alicyclic amines) is 1. The molecule has 0 aliphatic carbocycles. The number of benzene rings is 2. The van der Waals surface area contributed by atoms with Crippen LogP contribution in [0, 0.1) is 17.5 Å². The van der Waals surface area contributed by atoms with Gasteiger partial charge in [0, 0.05) is 37.1 Å². The van der Waals surface area contributed by atoms with Crippen molar-refractivity contribution in [3.8, 4) is 16.9 Å². The Morgan fingerprint density at radius 2 is 1.71 bits per heavy atom. The van der Waals surface area contributed by atoms with E-state index in [0.29, 0.717) is 41.8 Å². The van der Waals surface area contributed by atoms with E-state index in [1.165, 1.54) is 21.9 Å². The minimum absolute atomic E-state index is 0.0372. The van der Waals surface area contributed by atoms with E-state index in [1.54, 1.807) is 18.5 Å². The second-order valence-electron chi connectivity index (χ2n) is 9.92. The van der Waals surface area contributed by atoms with E-state index in [2.05, 4.69) is 10.1 Å². The first-order valence-corrected chi connectivity index (χ1v) is 12.7. The van der Waals surface area contributed by atoms with Crippen LogP contribution in [0.15, 0.2) is 54.9 Å². The topological polar surface area (TPSA) is 74.2 Å². The zero-order valence-electron chi connectivity index (χ0n) is 21.2. The van der Waals surface area contributed by atoms with E-state index in [9.17, 15) is 35.9 Å². The van der Waals surface area contributed by atoms with Crippen molar-refractivity contribution in [1.29, 1.82) is 0 Å². The number of halogens is 6. The summed E-state index contributed by atoms with van der Waals surface area (Å²) in [6.07, 6.45) is -1.21. The molecule has 212 valence electrons. The summed E-state index contributed by atoms with van der Waals surface area (Å²) in [5.74, 6) is -4.40. The molecule has 7 nitrogen and oxygen atoms in total. The van der Waals surface area contributed by atoms with Crippen LogP contribution in [0.1, 0.15) is 34.5 Å².